The van der Waals surface area contributed by atoms with Crippen LogP contribution < -0.4 is 10.7 Å². The molecule has 5 nitrogen and oxygen atoms in total. The van der Waals surface area contributed by atoms with Crippen LogP contribution in [0.3, 0.4) is 0 Å². The van der Waals surface area contributed by atoms with Gasteiger partial charge in [0, 0.05) is 31.9 Å². The van der Waals surface area contributed by atoms with Gasteiger partial charge in [-0.15, -0.1) is 0 Å². The molecule has 28 heavy (non-hydrogen) atoms. The Hall–Kier alpha value is -2.14. The van der Waals surface area contributed by atoms with Crippen molar-refractivity contribution < 1.29 is 14.5 Å². The molecule has 2 fully saturated rings. The third-order valence-electron chi connectivity index (χ3n) is 6.40. The Morgan fingerprint density at radius 2 is 1.96 bits per heavy atom. The molecule has 3 aliphatic rings. The molecular weight excluding hydrogens is 350 g/mol. The number of carbonyl (C=O) groups is 1. The van der Waals surface area contributed by atoms with Crippen molar-refractivity contribution in [3.8, 4) is 0 Å². The maximum absolute atomic E-state index is 12.0. The van der Waals surface area contributed by atoms with Gasteiger partial charge in [-0.1, -0.05) is 18.2 Å². The van der Waals surface area contributed by atoms with Gasteiger partial charge in [0.05, 0.1) is 37.4 Å². The number of amides is 1. The molecule has 150 valence electrons. The summed E-state index contributed by atoms with van der Waals surface area (Å²) >= 11 is 0. The Kier molecular flexibility index (Phi) is 5.81. The van der Waals surface area contributed by atoms with E-state index in [1.165, 1.54) is 35.2 Å². The first-order chi connectivity index (χ1) is 13.6. The van der Waals surface area contributed by atoms with E-state index in [9.17, 15) is 4.79 Å². The molecule has 2 aliphatic heterocycles. The van der Waals surface area contributed by atoms with E-state index in [1.54, 1.807) is 6.92 Å². The van der Waals surface area contributed by atoms with E-state index in [4.69, 9.17) is 10.5 Å². The van der Waals surface area contributed by atoms with E-state index in [1.807, 2.05) is 4.90 Å². The lowest BCUT2D eigenvalue weighted by Crippen LogP contribution is -2.81. The van der Waals surface area contributed by atoms with Crippen LogP contribution >= 0.6 is 0 Å². The number of ether oxygens (including phenoxy) is 1. The standard InChI is InChI=1S/C23H31N3O2/c1-16(27)26-12-9-22(25-18-10-13-28-14-11-18)21(15-26)23(24)20-8-4-6-17-5-2-3-7-19(17)20/h4,6,8,18H,2-3,5,7,9-15,24H2,1H3/p+1. The van der Waals surface area contributed by atoms with Crippen molar-refractivity contribution in [2.45, 2.75) is 57.9 Å². The molecule has 0 spiro atoms. The molecule has 0 aromatic heterocycles. The molecule has 0 bridgehead atoms. The summed E-state index contributed by atoms with van der Waals surface area (Å²) < 4.78 is 5.50. The van der Waals surface area contributed by atoms with Gasteiger partial charge in [0.25, 0.3) is 0 Å². The van der Waals surface area contributed by atoms with Gasteiger partial charge in [0.1, 0.15) is 0 Å². The number of likely N-dealkylation sites (tertiary alicyclic amines) is 1. The zero-order valence-electron chi connectivity index (χ0n) is 16.9. The number of piperidine rings is 1. The number of hydrogen-bond donors (Lipinski definition) is 2. The van der Waals surface area contributed by atoms with Crippen LogP contribution in [-0.2, 0) is 22.4 Å². The summed E-state index contributed by atoms with van der Waals surface area (Å²) in [5, 5.41) is 0. The fourth-order valence-electron chi connectivity index (χ4n) is 4.72. The van der Waals surface area contributed by atoms with Gasteiger partial charge in [0.2, 0.25) is 5.91 Å². The van der Waals surface area contributed by atoms with E-state index in [0.717, 1.165) is 63.1 Å². The van der Waals surface area contributed by atoms with E-state index >= 15 is 0 Å². The predicted octanol–water partition coefficient (Wildman–Crippen LogP) is 1.19. The number of fused-ring (bicyclic) bond motifs is 1. The summed E-state index contributed by atoms with van der Waals surface area (Å²) in [4.78, 5) is 17.7. The van der Waals surface area contributed by atoms with Crippen molar-refractivity contribution in [1.82, 2.24) is 4.90 Å². The third-order valence-corrected chi connectivity index (χ3v) is 6.40. The summed E-state index contributed by atoms with van der Waals surface area (Å²) in [7, 11) is 0. The van der Waals surface area contributed by atoms with E-state index in [2.05, 4.69) is 23.2 Å². The number of nitrogens with zero attached hydrogens (tertiary/aromatic N) is 1. The molecule has 3 N–H and O–H groups in total. The number of carbonyl (C=O) groups excluding carboxylic acids is 1. The molecular formula is C23H32N3O2+. The van der Waals surface area contributed by atoms with Crippen molar-refractivity contribution in [2.24, 2.45) is 5.73 Å². The summed E-state index contributed by atoms with van der Waals surface area (Å²) in [6, 6.07) is 6.96. The second-order valence-corrected chi connectivity index (χ2v) is 8.24. The number of hydrogen-bond acceptors (Lipinski definition) is 3. The molecule has 2 heterocycles. The number of rotatable bonds is 2. The van der Waals surface area contributed by atoms with Crippen LogP contribution in [0.2, 0.25) is 0 Å². The molecule has 2 saturated heterocycles. The van der Waals surface area contributed by atoms with Crippen molar-refractivity contribution in [2.75, 3.05) is 26.3 Å². The van der Waals surface area contributed by atoms with E-state index < -0.39 is 0 Å². The Morgan fingerprint density at radius 1 is 1.18 bits per heavy atom. The normalized spacial score (nSPS) is 24.2. The van der Waals surface area contributed by atoms with Crippen molar-refractivity contribution >= 4 is 17.3 Å². The number of nitrogens with two attached hydrogens (primary N) is 1. The highest BCUT2D eigenvalue weighted by Gasteiger charge is 2.30. The van der Waals surface area contributed by atoms with Gasteiger partial charge in [-0.05, 0) is 36.8 Å². The molecule has 1 aromatic rings. The highest BCUT2D eigenvalue weighted by molar-refractivity contribution is 6.04. The smallest absolute Gasteiger partial charge is 0.219 e. The van der Waals surface area contributed by atoms with Crippen LogP contribution in [0, 0.1) is 0 Å². The molecule has 5 heteroatoms. The van der Waals surface area contributed by atoms with Crippen molar-refractivity contribution in [1.29, 1.82) is 0 Å². The van der Waals surface area contributed by atoms with Crippen LogP contribution in [0.25, 0.3) is 5.70 Å². The summed E-state index contributed by atoms with van der Waals surface area (Å²) in [6.07, 6.45) is 7.60. The fourth-order valence-corrected chi connectivity index (χ4v) is 4.72. The van der Waals surface area contributed by atoms with Gasteiger partial charge in [-0.3, -0.25) is 4.79 Å². The van der Waals surface area contributed by atoms with E-state index in [0.29, 0.717) is 12.6 Å². The fraction of sp³-hybridized carbons (Fsp3) is 0.565. The molecule has 0 radical (unpaired) electrons. The predicted molar refractivity (Wildman–Crippen MR) is 111 cm³/mol. The second kappa shape index (κ2) is 8.48. The lowest BCUT2D eigenvalue weighted by molar-refractivity contribution is -0.511. The zero-order valence-corrected chi connectivity index (χ0v) is 16.9. The summed E-state index contributed by atoms with van der Waals surface area (Å²) in [5.41, 5.74) is 14.0. The third kappa shape index (κ3) is 4.00. The van der Waals surface area contributed by atoms with Crippen LogP contribution in [0.15, 0.2) is 23.8 Å². The lowest BCUT2D eigenvalue weighted by atomic mass is 9.85. The lowest BCUT2D eigenvalue weighted by Gasteiger charge is -2.29. The minimum Gasteiger partial charge on any atom is -0.398 e. The summed E-state index contributed by atoms with van der Waals surface area (Å²) in [5.74, 6) is 0.116. The SMILES string of the molecule is CC(=O)N1CCC(=[NH+]C2CCOCC2)C(=C(N)c2cccc3c2CCCC3)C1. The van der Waals surface area contributed by atoms with Gasteiger partial charge < -0.3 is 15.4 Å². The first kappa shape index (κ1) is 19.2. The Labute approximate surface area is 167 Å². The summed E-state index contributed by atoms with van der Waals surface area (Å²) in [6.45, 7) is 4.62. The molecule has 0 saturated carbocycles. The van der Waals surface area contributed by atoms with Gasteiger partial charge in [-0.2, -0.15) is 0 Å². The highest BCUT2D eigenvalue weighted by Crippen LogP contribution is 2.29. The van der Waals surface area contributed by atoms with E-state index in [-0.39, 0.29) is 5.91 Å². The number of nitrogens with one attached hydrogen (secondary N) is 1. The molecule has 0 unspecified atom stereocenters. The van der Waals surface area contributed by atoms with Gasteiger partial charge >= 0.3 is 0 Å². The molecule has 0 atom stereocenters. The average molecular weight is 383 g/mol. The Bertz CT molecular complexity index is 806. The van der Waals surface area contributed by atoms with Gasteiger partial charge in [0.15, 0.2) is 11.8 Å². The minimum atomic E-state index is 0.116. The van der Waals surface area contributed by atoms with Crippen molar-refractivity contribution in [3.05, 3.63) is 40.5 Å². The Balaban J connectivity index is 1.74. The number of aryl methyl sites for hydroxylation is 1. The molecule has 1 amide bonds. The highest BCUT2D eigenvalue weighted by atomic mass is 16.5. The quantitative estimate of drug-likeness (QED) is 0.807. The monoisotopic (exact) mass is 382 g/mol. The van der Waals surface area contributed by atoms with Crippen LogP contribution in [0.5, 0.6) is 0 Å². The minimum absolute atomic E-state index is 0.116. The van der Waals surface area contributed by atoms with Crippen molar-refractivity contribution in [3.63, 3.8) is 0 Å². The average Bonchev–Trinajstić information content (AvgIpc) is 2.73. The maximum Gasteiger partial charge on any atom is 0.219 e. The number of benzene rings is 1. The van der Waals surface area contributed by atoms with Crippen LogP contribution in [-0.4, -0.2) is 48.9 Å². The van der Waals surface area contributed by atoms with Crippen LogP contribution in [0.1, 0.15) is 55.7 Å². The molecule has 1 aromatic carbocycles. The largest absolute Gasteiger partial charge is 0.398 e. The topological polar surface area (TPSA) is 69.5 Å². The van der Waals surface area contributed by atoms with Crippen LogP contribution in [0.4, 0.5) is 0 Å². The maximum atomic E-state index is 12.0. The molecule has 4 rings (SSSR count). The first-order valence-corrected chi connectivity index (χ1v) is 10.7. The molecule has 1 aliphatic carbocycles. The van der Waals surface area contributed by atoms with Gasteiger partial charge in [-0.25, -0.2) is 4.99 Å². The first-order valence-electron chi connectivity index (χ1n) is 10.7. The zero-order chi connectivity index (χ0) is 19.5. The Morgan fingerprint density at radius 3 is 2.75 bits per heavy atom. The second-order valence-electron chi connectivity index (χ2n) is 8.24.